The molecule has 0 aliphatic carbocycles. The van der Waals surface area contributed by atoms with Gasteiger partial charge in [0.1, 0.15) is 0 Å². The van der Waals surface area contributed by atoms with E-state index in [9.17, 15) is 0 Å². The van der Waals surface area contributed by atoms with E-state index in [0.29, 0.717) is 0 Å². The van der Waals surface area contributed by atoms with E-state index in [1.54, 1.807) is 0 Å². The Morgan fingerprint density at radius 3 is 2.38 bits per heavy atom. The highest BCUT2D eigenvalue weighted by atomic mass is 16.3. The summed E-state index contributed by atoms with van der Waals surface area (Å²) in [6.07, 6.45) is 0. The fraction of sp³-hybridized carbons (Fsp3) is 0.0500. The maximum atomic E-state index is 6.14. The molecule has 0 spiro atoms. The fourth-order valence-corrected chi connectivity index (χ4v) is 2.90. The monoisotopic (exact) mass is 271 g/mol. The summed E-state index contributed by atoms with van der Waals surface area (Å²) in [5.41, 5.74) is 3.29. The molecule has 0 saturated carbocycles. The van der Waals surface area contributed by atoms with E-state index in [2.05, 4.69) is 61.5 Å². The minimum absolute atomic E-state index is 0.913. The van der Waals surface area contributed by atoms with E-state index in [4.69, 9.17) is 4.42 Å². The minimum Gasteiger partial charge on any atom is -0.207 e. The molecular weight excluding hydrogens is 256 g/mol. The Balaban J connectivity index is 2.06. The van der Waals surface area contributed by atoms with Gasteiger partial charge in [0.25, 0.3) is 0 Å². The highest BCUT2D eigenvalue weighted by Gasteiger charge is 2.18. The lowest BCUT2D eigenvalue weighted by Crippen LogP contribution is -1.85. The molecule has 4 aromatic rings. The van der Waals surface area contributed by atoms with Crippen LogP contribution in [0.2, 0.25) is 0 Å². The highest BCUT2D eigenvalue weighted by Crippen LogP contribution is 2.32. The van der Waals surface area contributed by atoms with Crippen molar-refractivity contribution in [3.63, 3.8) is 0 Å². The molecule has 3 aromatic carbocycles. The maximum Gasteiger partial charge on any atom is 0.361 e. The molecule has 1 aromatic heterocycles. The molecule has 21 heavy (non-hydrogen) atoms. The van der Waals surface area contributed by atoms with Crippen molar-refractivity contribution in [1.29, 1.82) is 0 Å². The molecule has 100 valence electrons. The molecule has 4 rings (SSSR count). The molecule has 1 nitrogen and oxygen atoms in total. The smallest absolute Gasteiger partial charge is 0.207 e. The SMILES string of the molecule is Cc1cc(-c2ccccc2)[o+]c2ccc3ccccc3c12. The predicted octanol–water partition coefficient (Wildman–Crippen LogP) is 5.84. The first-order valence-corrected chi connectivity index (χ1v) is 7.13. The summed E-state index contributed by atoms with van der Waals surface area (Å²) in [4.78, 5) is 0. The third-order valence-corrected chi connectivity index (χ3v) is 3.91. The second-order valence-corrected chi connectivity index (χ2v) is 5.32. The molecule has 0 amide bonds. The van der Waals surface area contributed by atoms with E-state index in [1.165, 1.54) is 21.7 Å². The lowest BCUT2D eigenvalue weighted by Gasteiger charge is -2.02. The van der Waals surface area contributed by atoms with Crippen LogP contribution in [-0.2, 0) is 0 Å². The molecule has 0 fully saturated rings. The number of benzene rings is 3. The molecule has 1 heteroatoms. The highest BCUT2D eigenvalue weighted by molar-refractivity contribution is 6.07. The minimum atomic E-state index is 0.913. The van der Waals surface area contributed by atoms with E-state index in [-0.39, 0.29) is 0 Å². The number of hydrogen-bond acceptors (Lipinski definition) is 0. The van der Waals surface area contributed by atoms with Crippen molar-refractivity contribution in [2.45, 2.75) is 6.92 Å². The van der Waals surface area contributed by atoms with Gasteiger partial charge in [-0.3, -0.25) is 0 Å². The third-order valence-electron chi connectivity index (χ3n) is 3.91. The fourth-order valence-electron chi connectivity index (χ4n) is 2.90. The summed E-state index contributed by atoms with van der Waals surface area (Å²) in [6.45, 7) is 2.15. The Bertz CT molecular complexity index is 940. The van der Waals surface area contributed by atoms with Crippen LogP contribution in [0.15, 0.2) is 77.2 Å². The Labute approximate surface area is 123 Å². The van der Waals surface area contributed by atoms with Crippen LogP contribution in [0.3, 0.4) is 0 Å². The van der Waals surface area contributed by atoms with Crippen molar-refractivity contribution >= 4 is 21.7 Å². The first kappa shape index (κ1) is 12.1. The summed E-state index contributed by atoms with van der Waals surface area (Å²) in [6, 6.07) is 25.0. The number of rotatable bonds is 1. The zero-order valence-corrected chi connectivity index (χ0v) is 11.8. The predicted molar refractivity (Wildman–Crippen MR) is 88.3 cm³/mol. The van der Waals surface area contributed by atoms with Crippen molar-refractivity contribution in [3.8, 4) is 11.3 Å². The zero-order valence-electron chi connectivity index (χ0n) is 11.8. The summed E-state index contributed by atoms with van der Waals surface area (Å²) in [5, 5.41) is 3.69. The molecule has 0 N–H and O–H groups in total. The van der Waals surface area contributed by atoms with Gasteiger partial charge < -0.3 is 0 Å². The van der Waals surface area contributed by atoms with Crippen molar-refractivity contribution in [1.82, 2.24) is 0 Å². The van der Waals surface area contributed by atoms with Gasteiger partial charge in [-0.25, -0.2) is 4.42 Å². The lowest BCUT2D eigenvalue weighted by atomic mass is 10.0. The van der Waals surface area contributed by atoms with Gasteiger partial charge in [0.15, 0.2) is 0 Å². The van der Waals surface area contributed by atoms with Crippen LogP contribution in [0, 0.1) is 6.92 Å². The second kappa shape index (κ2) is 4.71. The van der Waals surface area contributed by atoms with Gasteiger partial charge in [-0.2, -0.15) is 0 Å². The number of hydrogen-bond donors (Lipinski definition) is 0. The molecule has 0 aliphatic heterocycles. The van der Waals surface area contributed by atoms with Gasteiger partial charge in [0, 0.05) is 12.1 Å². The van der Waals surface area contributed by atoms with E-state index in [1.807, 2.05) is 18.2 Å². The van der Waals surface area contributed by atoms with Gasteiger partial charge in [-0.1, -0.05) is 42.5 Å². The number of fused-ring (bicyclic) bond motifs is 3. The summed E-state index contributed by atoms with van der Waals surface area (Å²) >= 11 is 0. The topological polar surface area (TPSA) is 11.3 Å². The average Bonchev–Trinajstić information content (AvgIpc) is 2.55. The molecule has 0 atom stereocenters. The first-order valence-electron chi connectivity index (χ1n) is 7.13. The van der Waals surface area contributed by atoms with Crippen LogP contribution in [0.25, 0.3) is 33.1 Å². The van der Waals surface area contributed by atoms with Gasteiger partial charge in [0.05, 0.1) is 10.9 Å². The molecule has 0 bridgehead atoms. The quantitative estimate of drug-likeness (QED) is 0.312. The largest absolute Gasteiger partial charge is 0.361 e. The van der Waals surface area contributed by atoms with E-state index in [0.717, 1.165) is 16.9 Å². The molecule has 0 aliphatic rings. The maximum absolute atomic E-state index is 6.14. The van der Waals surface area contributed by atoms with Crippen LogP contribution in [0.4, 0.5) is 0 Å². The summed E-state index contributed by atoms with van der Waals surface area (Å²) in [7, 11) is 0. The Morgan fingerprint density at radius 1 is 0.762 bits per heavy atom. The van der Waals surface area contributed by atoms with Gasteiger partial charge in [-0.15, -0.1) is 0 Å². The summed E-state index contributed by atoms with van der Waals surface area (Å²) < 4.78 is 6.14. The van der Waals surface area contributed by atoms with Gasteiger partial charge in [-0.05, 0) is 41.5 Å². The van der Waals surface area contributed by atoms with E-state index < -0.39 is 0 Å². The number of aryl methyl sites for hydroxylation is 1. The van der Waals surface area contributed by atoms with Crippen LogP contribution >= 0.6 is 0 Å². The van der Waals surface area contributed by atoms with Crippen molar-refractivity contribution in [2.24, 2.45) is 0 Å². The van der Waals surface area contributed by atoms with Crippen molar-refractivity contribution < 1.29 is 4.42 Å². The van der Waals surface area contributed by atoms with Gasteiger partial charge in [0.2, 0.25) is 0 Å². The van der Waals surface area contributed by atoms with Crippen LogP contribution in [0.5, 0.6) is 0 Å². The Hall–Kier alpha value is -2.67. The van der Waals surface area contributed by atoms with Gasteiger partial charge >= 0.3 is 11.3 Å². The Kier molecular flexibility index (Phi) is 2.71. The second-order valence-electron chi connectivity index (χ2n) is 5.32. The average molecular weight is 271 g/mol. The normalized spacial score (nSPS) is 11.1. The molecular formula is C20H15O+. The first-order chi connectivity index (χ1) is 10.3. The Morgan fingerprint density at radius 2 is 1.52 bits per heavy atom. The molecule has 0 radical (unpaired) electrons. The molecule has 0 saturated heterocycles. The van der Waals surface area contributed by atoms with Crippen LogP contribution < -0.4 is 0 Å². The third kappa shape index (κ3) is 1.98. The molecule has 0 unspecified atom stereocenters. The van der Waals surface area contributed by atoms with Crippen LogP contribution in [-0.4, -0.2) is 0 Å². The molecule has 1 heterocycles. The zero-order chi connectivity index (χ0) is 14.2. The van der Waals surface area contributed by atoms with Crippen molar-refractivity contribution in [2.75, 3.05) is 0 Å². The lowest BCUT2D eigenvalue weighted by molar-refractivity contribution is 0.619. The standard InChI is InChI=1S/C20H15O/c1-14-13-19(16-8-3-2-4-9-16)21-18-12-11-15-7-5-6-10-17(15)20(14)18/h2-13H,1H3/q+1. The van der Waals surface area contributed by atoms with E-state index >= 15 is 0 Å². The summed E-state index contributed by atoms with van der Waals surface area (Å²) in [5.74, 6) is 0.913. The van der Waals surface area contributed by atoms with Crippen LogP contribution in [0.1, 0.15) is 5.56 Å². The van der Waals surface area contributed by atoms with Crippen molar-refractivity contribution in [3.05, 3.63) is 78.4 Å².